The van der Waals surface area contributed by atoms with Gasteiger partial charge in [-0.15, -0.1) is 0 Å². The van der Waals surface area contributed by atoms with Crippen LogP contribution in [0.2, 0.25) is 0 Å². The Bertz CT molecular complexity index is 347. The van der Waals surface area contributed by atoms with Crippen LogP contribution < -0.4 is 0 Å². The predicted molar refractivity (Wildman–Crippen MR) is 47.9 cm³/mol. The summed E-state index contributed by atoms with van der Waals surface area (Å²) >= 11 is 0. The van der Waals surface area contributed by atoms with Gasteiger partial charge in [-0.05, 0) is 36.0 Å². The van der Waals surface area contributed by atoms with Gasteiger partial charge in [0.1, 0.15) is 0 Å². The summed E-state index contributed by atoms with van der Waals surface area (Å²) in [5.41, 5.74) is 3.54. The van der Waals surface area contributed by atoms with Gasteiger partial charge in [0, 0.05) is 0 Å². The smallest absolute Gasteiger partial charge is 0.0994 e. The van der Waals surface area contributed by atoms with E-state index in [-0.39, 0.29) is 0 Å². The third-order valence-electron chi connectivity index (χ3n) is 2.69. The molecule has 0 amide bonds. The summed E-state index contributed by atoms with van der Waals surface area (Å²) in [6.07, 6.45) is 2.29. The zero-order valence-electron chi connectivity index (χ0n) is 7.17. The quantitative estimate of drug-likeness (QED) is 0.568. The van der Waals surface area contributed by atoms with Crippen molar-refractivity contribution in [2.45, 2.75) is 25.7 Å². The van der Waals surface area contributed by atoms with E-state index in [1.54, 1.807) is 0 Å². The van der Waals surface area contributed by atoms with E-state index in [0.717, 1.165) is 12.0 Å². The van der Waals surface area contributed by atoms with Gasteiger partial charge in [0.15, 0.2) is 0 Å². The summed E-state index contributed by atoms with van der Waals surface area (Å²) in [6, 6.07) is 8.29. The molecule has 2 rings (SSSR count). The first-order valence-electron chi connectivity index (χ1n) is 4.35. The van der Waals surface area contributed by atoms with Crippen LogP contribution in [0.4, 0.5) is 0 Å². The Balaban J connectivity index is 2.60. The zero-order chi connectivity index (χ0) is 8.55. The molecule has 0 aromatic heterocycles. The van der Waals surface area contributed by atoms with E-state index in [1.807, 2.05) is 12.1 Å². The Morgan fingerprint density at radius 1 is 1.50 bits per heavy atom. The van der Waals surface area contributed by atoms with Gasteiger partial charge in [0.25, 0.3) is 0 Å². The van der Waals surface area contributed by atoms with Gasteiger partial charge in [-0.2, -0.15) is 5.26 Å². The first-order chi connectivity index (χ1) is 5.83. The van der Waals surface area contributed by atoms with Crippen molar-refractivity contribution < 1.29 is 0 Å². The van der Waals surface area contributed by atoms with Crippen molar-refractivity contribution in [3.05, 3.63) is 34.9 Å². The largest absolute Gasteiger partial charge is 0.192 e. The third-order valence-corrected chi connectivity index (χ3v) is 2.69. The summed E-state index contributed by atoms with van der Waals surface area (Å²) in [5.74, 6) is 0.647. The molecule has 0 bridgehead atoms. The van der Waals surface area contributed by atoms with Crippen LogP contribution in [0.15, 0.2) is 18.2 Å². The molecular formula is C11H11N. The van der Waals surface area contributed by atoms with E-state index < -0.39 is 0 Å². The van der Waals surface area contributed by atoms with Crippen LogP contribution in [0.5, 0.6) is 0 Å². The van der Waals surface area contributed by atoms with Crippen LogP contribution in [-0.4, -0.2) is 0 Å². The van der Waals surface area contributed by atoms with Gasteiger partial charge < -0.3 is 0 Å². The highest BCUT2D eigenvalue weighted by Crippen LogP contribution is 2.33. The molecule has 60 valence electrons. The van der Waals surface area contributed by atoms with Gasteiger partial charge in [-0.1, -0.05) is 19.1 Å². The van der Waals surface area contributed by atoms with E-state index in [4.69, 9.17) is 5.26 Å². The standard InChI is InChI=1S/C11H11N/c1-8-5-6-11-9(7-12)3-2-4-10(8)11/h2-4,8H,5-6H2,1H3. The maximum Gasteiger partial charge on any atom is 0.0994 e. The van der Waals surface area contributed by atoms with E-state index in [2.05, 4.69) is 19.1 Å². The first kappa shape index (κ1) is 7.36. The molecule has 0 N–H and O–H groups in total. The Morgan fingerprint density at radius 2 is 2.33 bits per heavy atom. The first-order valence-corrected chi connectivity index (χ1v) is 4.35. The highest BCUT2D eigenvalue weighted by atomic mass is 14.3. The fourth-order valence-corrected chi connectivity index (χ4v) is 1.97. The third kappa shape index (κ3) is 0.921. The van der Waals surface area contributed by atoms with Crippen molar-refractivity contribution in [2.24, 2.45) is 0 Å². The Kier molecular flexibility index (Phi) is 1.62. The van der Waals surface area contributed by atoms with E-state index >= 15 is 0 Å². The highest BCUT2D eigenvalue weighted by Gasteiger charge is 2.20. The molecule has 0 aliphatic heterocycles. The molecule has 1 aromatic rings. The molecule has 0 saturated carbocycles. The minimum Gasteiger partial charge on any atom is -0.192 e. The number of benzene rings is 1. The second-order valence-electron chi connectivity index (χ2n) is 3.42. The summed E-state index contributed by atoms with van der Waals surface area (Å²) < 4.78 is 0. The maximum atomic E-state index is 8.84. The molecule has 1 atom stereocenters. The lowest BCUT2D eigenvalue weighted by atomic mass is 10.0. The minimum atomic E-state index is 0.647. The lowest BCUT2D eigenvalue weighted by Gasteiger charge is -2.03. The van der Waals surface area contributed by atoms with Crippen molar-refractivity contribution in [1.29, 1.82) is 5.26 Å². The predicted octanol–water partition coefficient (Wildman–Crippen LogP) is 2.61. The van der Waals surface area contributed by atoms with Crippen LogP contribution in [0.25, 0.3) is 0 Å². The Hall–Kier alpha value is -1.29. The van der Waals surface area contributed by atoms with Crippen LogP contribution >= 0.6 is 0 Å². The number of rotatable bonds is 0. The lowest BCUT2D eigenvalue weighted by Crippen LogP contribution is -1.88. The molecule has 0 saturated heterocycles. The van der Waals surface area contributed by atoms with Gasteiger partial charge in [0.05, 0.1) is 11.6 Å². The van der Waals surface area contributed by atoms with Crippen molar-refractivity contribution >= 4 is 0 Å². The summed E-state index contributed by atoms with van der Waals surface area (Å²) in [5, 5.41) is 8.84. The fourth-order valence-electron chi connectivity index (χ4n) is 1.97. The van der Waals surface area contributed by atoms with Crippen molar-refractivity contribution in [2.75, 3.05) is 0 Å². The molecule has 0 heterocycles. The normalized spacial score (nSPS) is 20.2. The molecule has 0 radical (unpaired) electrons. The summed E-state index contributed by atoms with van der Waals surface area (Å²) in [4.78, 5) is 0. The van der Waals surface area contributed by atoms with Gasteiger partial charge in [-0.3, -0.25) is 0 Å². The Morgan fingerprint density at radius 3 is 3.08 bits per heavy atom. The molecule has 0 fully saturated rings. The number of nitrogens with zero attached hydrogens (tertiary/aromatic N) is 1. The number of fused-ring (bicyclic) bond motifs is 1. The second kappa shape index (κ2) is 2.64. The van der Waals surface area contributed by atoms with E-state index in [9.17, 15) is 0 Å². The van der Waals surface area contributed by atoms with Crippen LogP contribution in [0.3, 0.4) is 0 Å². The number of hydrogen-bond donors (Lipinski definition) is 0. The number of nitriles is 1. The average Bonchev–Trinajstić information content (AvgIpc) is 2.48. The van der Waals surface area contributed by atoms with Gasteiger partial charge in [0.2, 0.25) is 0 Å². The monoisotopic (exact) mass is 157 g/mol. The molecule has 1 aromatic carbocycles. The lowest BCUT2D eigenvalue weighted by molar-refractivity contribution is 0.747. The molecule has 1 heteroatoms. The highest BCUT2D eigenvalue weighted by molar-refractivity contribution is 5.46. The topological polar surface area (TPSA) is 23.8 Å². The van der Waals surface area contributed by atoms with Gasteiger partial charge >= 0.3 is 0 Å². The molecule has 0 spiro atoms. The Labute approximate surface area is 72.6 Å². The van der Waals surface area contributed by atoms with E-state index in [0.29, 0.717) is 5.92 Å². The maximum absolute atomic E-state index is 8.84. The van der Waals surface area contributed by atoms with Crippen LogP contribution in [0.1, 0.15) is 36.0 Å². The molecular weight excluding hydrogens is 146 g/mol. The SMILES string of the molecule is CC1CCc2c(C#N)cccc21. The second-order valence-corrected chi connectivity index (χ2v) is 3.42. The average molecular weight is 157 g/mol. The zero-order valence-corrected chi connectivity index (χ0v) is 7.17. The summed E-state index contributed by atoms with van der Waals surface area (Å²) in [6.45, 7) is 2.23. The molecule has 12 heavy (non-hydrogen) atoms. The molecule has 1 nitrogen and oxygen atoms in total. The minimum absolute atomic E-state index is 0.647. The molecule has 1 unspecified atom stereocenters. The van der Waals surface area contributed by atoms with Crippen molar-refractivity contribution in [1.82, 2.24) is 0 Å². The van der Waals surface area contributed by atoms with Crippen LogP contribution in [0, 0.1) is 11.3 Å². The van der Waals surface area contributed by atoms with Gasteiger partial charge in [-0.25, -0.2) is 0 Å². The summed E-state index contributed by atoms with van der Waals surface area (Å²) in [7, 11) is 0. The van der Waals surface area contributed by atoms with Crippen molar-refractivity contribution in [3.8, 4) is 6.07 Å². The fraction of sp³-hybridized carbons (Fsp3) is 0.364. The van der Waals surface area contributed by atoms with E-state index in [1.165, 1.54) is 17.5 Å². The van der Waals surface area contributed by atoms with Crippen LogP contribution in [-0.2, 0) is 6.42 Å². The molecule has 1 aliphatic carbocycles. The molecule has 1 aliphatic rings. The number of hydrogen-bond acceptors (Lipinski definition) is 1. The van der Waals surface area contributed by atoms with Crippen molar-refractivity contribution in [3.63, 3.8) is 0 Å².